The largest absolute Gasteiger partial charge is 0.480 e. The van der Waals surface area contributed by atoms with Crippen LogP contribution in [-0.2, 0) is 4.79 Å². The number of carboxylic acid groups (broad SMARTS) is 1. The molecule has 0 fully saturated rings. The second-order valence-electron chi connectivity index (χ2n) is 3.72. The fourth-order valence-corrected chi connectivity index (χ4v) is 2.13. The normalized spacial score (nSPS) is 11.8. The minimum absolute atomic E-state index is 0.343. The molecular formula is C13H17NO3S. The smallest absolute Gasteiger partial charge is 0.326 e. The quantitative estimate of drug-likeness (QED) is 0.742. The molecule has 0 bridgehead atoms. The summed E-state index contributed by atoms with van der Waals surface area (Å²) in [6.45, 7) is 2.02. The lowest BCUT2D eigenvalue weighted by Gasteiger charge is -2.14. The maximum absolute atomic E-state index is 11.8. The summed E-state index contributed by atoms with van der Waals surface area (Å²) in [7, 11) is 0. The van der Waals surface area contributed by atoms with E-state index in [1.54, 1.807) is 36.0 Å². The molecule has 98 valence electrons. The number of aliphatic carboxylic acids is 1. The molecule has 2 N–H and O–H groups in total. The van der Waals surface area contributed by atoms with Gasteiger partial charge in [-0.1, -0.05) is 25.1 Å². The van der Waals surface area contributed by atoms with E-state index in [9.17, 15) is 9.59 Å². The van der Waals surface area contributed by atoms with Crippen molar-refractivity contribution in [2.75, 3.05) is 11.5 Å². The van der Waals surface area contributed by atoms with E-state index in [1.807, 2.05) is 13.0 Å². The summed E-state index contributed by atoms with van der Waals surface area (Å²) in [5.74, 6) is 0.335. The number of nitrogens with one attached hydrogen (secondary N) is 1. The first-order valence-corrected chi connectivity index (χ1v) is 6.97. The van der Waals surface area contributed by atoms with Crippen LogP contribution in [0.4, 0.5) is 0 Å². The molecule has 0 spiro atoms. The number of hydrogen-bond acceptors (Lipinski definition) is 3. The summed E-state index contributed by atoms with van der Waals surface area (Å²) >= 11 is 1.66. The molecule has 1 rings (SSSR count). The summed E-state index contributed by atoms with van der Waals surface area (Å²) in [6.07, 6.45) is 0.437. The van der Waals surface area contributed by atoms with Crippen molar-refractivity contribution in [1.29, 1.82) is 0 Å². The van der Waals surface area contributed by atoms with E-state index >= 15 is 0 Å². The zero-order valence-electron chi connectivity index (χ0n) is 10.3. The molecule has 1 unspecified atom stereocenters. The van der Waals surface area contributed by atoms with E-state index in [0.29, 0.717) is 12.0 Å². The van der Waals surface area contributed by atoms with Crippen LogP contribution in [0.5, 0.6) is 0 Å². The number of rotatable bonds is 7. The van der Waals surface area contributed by atoms with E-state index in [1.165, 1.54) is 0 Å². The van der Waals surface area contributed by atoms with Gasteiger partial charge in [-0.15, -0.1) is 0 Å². The number of hydrogen-bond donors (Lipinski definition) is 2. The van der Waals surface area contributed by atoms with Gasteiger partial charge in [0.1, 0.15) is 6.04 Å². The van der Waals surface area contributed by atoms with E-state index < -0.39 is 12.0 Å². The zero-order valence-corrected chi connectivity index (χ0v) is 11.1. The minimum atomic E-state index is -0.990. The average Bonchev–Trinajstić information content (AvgIpc) is 2.38. The Labute approximate surface area is 111 Å². The molecule has 1 atom stereocenters. The molecule has 18 heavy (non-hydrogen) atoms. The maximum atomic E-state index is 11.8. The van der Waals surface area contributed by atoms with Gasteiger partial charge in [-0.25, -0.2) is 4.79 Å². The first-order chi connectivity index (χ1) is 8.65. The lowest BCUT2D eigenvalue weighted by molar-refractivity contribution is -0.139. The van der Waals surface area contributed by atoms with Gasteiger partial charge in [0.15, 0.2) is 0 Å². The van der Waals surface area contributed by atoms with Crippen molar-refractivity contribution < 1.29 is 14.7 Å². The van der Waals surface area contributed by atoms with Crippen molar-refractivity contribution in [2.45, 2.75) is 19.4 Å². The van der Waals surface area contributed by atoms with Gasteiger partial charge in [-0.05, 0) is 30.1 Å². The van der Waals surface area contributed by atoms with Gasteiger partial charge in [0, 0.05) is 5.56 Å². The molecule has 0 radical (unpaired) electrons. The van der Waals surface area contributed by atoms with E-state index in [4.69, 9.17) is 5.11 Å². The second kappa shape index (κ2) is 7.76. The third-order valence-corrected chi connectivity index (χ3v) is 3.33. The van der Waals surface area contributed by atoms with Gasteiger partial charge in [-0.3, -0.25) is 4.79 Å². The molecule has 0 aliphatic carbocycles. The molecule has 1 aromatic rings. The lowest BCUT2D eigenvalue weighted by Crippen LogP contribution is -2.41. The molecule has 5 heteroatoms. The van der Waals surface area contributed by atoms with Gasteiger partial charge in [-0.2, -0.15) is 11.8 Å². The van der Waals surface area contributed by atoms with Gasteiger partial charge in [0.2, 0.25) is 0 Å². The highest BCUT2D eigenvalue weighted by Crippen LogP contribution is 2.06. The highest BCUT2D eigenvalue weighted by Gasteiger charge is 2.19. The highest BCUT2D eigenvalue weighted by molar-refractivity contribution is 7.99. The van der Waals surface area contributed by atoms with Crippen molar-refractivity contribution in [3.8, 4) is 0 Å². The lowest BCUT2D eigenvalue weighted by atomic mass is 10.1. The van der Waals surface area contributed by atoms with Crippen molar-refractivity contribution >= 4 is 23.6 Å². The molecule has 4 nitrogen and oxygen atoms in total. The van der Waals surface area contributed by atoms with Crippen LogP contribution >= 0.6 is 11.8 Å². The van der Waals surface area contributed by atoms with Crippen LogP contribution in [0.1, 0.15) is 23.7 Å². The molecular weight excluding hydrogens is 250 g/mol. The Kier molecular flexibility index (Phi) is 6.28. The van der Waals surface area contributed by atoms with Crippen molar-refractivity contribution in [3.63, 3.8) is 0 Å². The maximum Gasteiger partial charge on any atom is 0.326 e. The van der Waals surface area contributed by atoms with Gasteiger partial charge < -0.3 is 10.4 Å². The third-order valence-electron chi connectivity index (χ3n) is 2.39. The number of carboxylic acids is 1. The van der Waals surface area contributed by atoms with Crippen LogP contribution in [0.25, 0.3) is 0 Å². The number of amides is 1. The standard InChI is InChI=1S/C13H17NO3S/c1-2-18-9-8-11(13(16)17)14-12(15)10-6-4-3-5-7-10/h3-7,11H,2,8-9H2,1H3,(H,14,15)(H,16,17). The SMILES string of the molecule is CCSCCC(NC(=O)c1ccccc1)C(=O)O. The Morgan fingerprint density at radius 1 is 1.33 bits per heavy atom. The van der Waals surface area contributed by atoms with E-state index in [-0.39, 0.29) is 5.91 Å². The summed E-state index contributed by atoms with van der Waals surface area (Å²) in [5.41, 5.74) is 0.479. The predicted octanol–water partition coefficient (Wildman–Crippen LogP) is 2.01. The second-order valence-corrected chi connectivity index (χ2v) is 5.11. The zero-order chi connectivity index (χ0) is 13.4. The fourth-order valence-electron chi connectivity index (χ4n) is 1.43. The van der Waals surface area contributed by atoms with Crippen LogP contribution in [0.2, 0.25) is 0 Å². The summed E-state index contributed by atoms with van der Waals surface area (Å²) in [5, 5.41) is 11.6. The van der Waals surface area contributed by atoms with Crippen molar-refractivity contribution in [3.05, 3.63) is 35.9 Å². The molecule has 0 saturated carbocycles. The van der Waals surface area contributed by atoms with Crippen molar-refractivity contribution in [2.24, 2.45) is 0 Å². The van der Waals surface area contributed by atoms with Crippen LogP contribution in [0, 0.1) is 0 Å². The average molecular weight is 267 g/mol. The van der Waals surface area contributed by atoms with Crippen LogP contribution in [-0.4, -0.2) is 34.5 Å². The molecule has 0 aliphatic rings. The predicted molar refractivity (Wildman–Crippen MR) is 72.9 cm³/mol. The third kappa shape index (κ3) is 4.79. The Bertz CT molecular complexity index is 394. The Hall–Kier alpha value is -1.49. The first-order valence-electron chi connectivity index (χ1n) is 5.81. The Morgan fingerprint density at radius 3 is 2.56 bits per heavy atom. The van der Waals surface area contributed by atoms with Crippen LogP contribution < -0.4 is 5.32 Å². The molecule has 1 aromatic carbocycles. The topological polar surface area (TPSA) is 66.4 Å². The van der Waals surface area contributed by atoms with E-state index in [0.717, 1.165) is 11.5 Å². The number of carbonyl (C=O) groups excluding carboxylic acids is 1. The minimum Gasteiger partial charge on any atom is -0.480 e. The molecule has 0 aliphatic heterocycles. The molecule has 0 heterocycles. The first kappa shape index (κ1) is 14.6. The highest BCUT2D eigenvalue weighted by atomic mass is 32.2. The van der Waals surface area contributed by atoms with Gasteiger partial charge >= 0.3 is 5.97 Å². The number of benzene rings is 1. The summed E-state index contributed by atoms with van der Waals surface area (Å²) < 4.78 is 0. The van der Waals surface area contributed by atoms with Crippen LogP contribution in [0.15, 0.2) is 30.3 Å². The van der Waals surface area contributed by atoms with Gasteiger partial charge in [0.05, 0.1) is 0 Å². The summed E-state index contributed by atoms with van der Waals surface area (Å²) in [4.78, 5) is 22.8. The van der Waals surface area contributed by atoms with Crippen LogP contribution in [0.3, 0.4) is 0 Å². The molecule has 1 amide bonds. The fraction of sp³-hybridized carbons (Fsp3) is 0.385. The number of thioether (sulfide) groups is 1. The van der Waals surface area contributed by atoms with Gasteiger partial charge in [0.25, 0.3) is 5.91 Å². The van der Waals surface area contributed by atoms with Crippen molar-refractivity contribution in [1.82, 2.24) is 5.32 Å². The summed E-state index contributed by atoms with van der Waals surface area (Å²) in [6, 6.07) is 7.81. The van der Waals surface area contributed by atoms with E-state index in [2.05, 4.69) is 5.32 Å². The Balaban J connectivity index is 2.55. The number of carbonyl (C=O) groups is 2. The monoisotopic (exact) mass is 267 g/mol. The molecule has 0 saturated heterocycles. The molecule has 0 aromatic heterocycles. The Morgan fingerprint density at radius 2 is 2.00 bits per heavy atom.